The summed E-state index contributed by atoms with van der Waals surface area (Å²) in [6.07, 6.45) is 1.49. The van der Waals surface area contributed by atoms with Crippen molar-refractivity contribution in [3.05, 3.63) is 59.9 Å². The maximum Gasteiger partial charge on any atom is 0.189 e. The number of aromatic nitrogens is 3. The van der Waals surface area contributed by atoms with Gasteiger partial charge < -0.3 is 11.1 Å². The lowest BCUT2D eigenvalue weighted by atomic mass is 10.3. The molecule has 0 aliphatic carbocycles. The van der Waals surface area contributed by atoms with Crippen molar-refractivity contribution in [1.29, 1.82) is 0 Å². The van der Waals surface area contributed by atoms with Gasteiger partial charge in [0.1, 0.15) is 17.0 Å². The topological polar surface area (TPSA) is 76.7 Å². The van der Waals surface area contributed by atoms with E-state index >= 15 is 0 Å². The molecule has 124 valence electrons. The van der Waals surface area contributed by atoms with E-state index in [-0.39, 0.29) is 0 Å². The van der Waals surface area contributed by atoms with Crippen molar-refractivity contribution in [2.24, 2.45) is 0 Å². The number of halogens is 1. The number of hydrogen-bond donors (Lipinski definition) is 2. The second-order valence-electron chi connectivity index (χ2n) is 5.11. The Morgan fingerprint density at radius 3 is 2.64 bits per heavy atom. The van der Waals surface area contributed by atoms with Crippen LogP contribution >= 0.6 is 34.7 Å². The van der Waals surface area contributed by atoms with Gasteiger partial charge in [0.05, 0.1) is 10.2 Å². The molecule has 0 bridgehead atoms. The van der Waals surface area contributed by atoms with Gasteiger partial charge in [-0.3, -0.25) is 0 Å². The van der Waals surface area contributed by atoms with Gasteiger partial charge in [0.2, 0.25) is 0 Å². The minimum Gasteiger partial charge on any atom is -0.394 e. The quantitative estimate of drug-likeness (QED) is 0.469. The number of fused-ring (bicyclic) bond motifs is 1. The van der Waals surface area contributed by atoms with Crippen molar-refractivity contribution in [3.63, 3.8) is 0 Å². The predicted molar refractivity (Wildman–Crippen MR) is 105 cm³/mol. The first-order valence-corrected chi connectivity index (χ1v) is 9.36. The molecule has 0 aliphatic rings. The molecule has 2 aromatic heterocycles. The molecular weight excluding hydrogens is 374 g/mol. The number of nitrogen functional groups attached to an aromatic ring is 1. The normalized spacial score (nSPS) is 10.9. The number of nitrogens with two attached hydrogens (primary N) is 1. The number of nitrogens with one attached hydrogen (secondary N) is 1. The van der Waals surface area contributed by atoms with Crippen molar-refractivity contribution in [1.82, 2.24) is 15.0 Å². The number of rotatable bonds is 4. The van der Waals surface area contributed by atoms with E-state index in [0.717, 1.165) is 20.2 Å². The third-order valence-electron chi connectivity index (χ3n) is 3.39. The van der Waals surface area contributed by atoms with Gasteiger partial charge in [0, 0.05) is 9.92 Å². The van der Waals surface area contributed by atoms with Gasteiger partial charge in [-0.2, -0.15) is 0 Å². The number of thiazole rings is 1. The van der Waals surface area contributed by atoms with Gasteiger partial charge in [-0.15, -0.1) is 0 Å². The van der Waals surface area contributed by atoms with Crippen LogP contribution in [-0.2, 0) is 0 Å². The fraction of sp³-hybridized carbons (Fsp3) is 0. The van der Waals surface area contributed by atoms with Crippen molar-refractivity contribution in [2.75, 3.05) is 11.1 Å². The molecule has 4 rings (SSSR count). The molecule has 0 spiro atoms. The first kappa shape index (κ1) is 16.1. The van der Waals surface area contributed by atoms with Gasteiger partial charge in [-0.05, 0) is 36.4 Å². The van der Waals surface area contributed by atoms with E-state index in [1.165, 1.54) is 18.1 Å². The molecule has 4 aromatic rings. The Balaban J connectivity index is 1.61. The van der Waals surface area contributed by atoms with Gasteiger partial charge in [-0.25, -0.2) is 15.0 Å². The number of anilines is 3. The summed E-state index contributed by atoms with van der Waals surface area (Å²) in [4.78, 5) is 14.1. The molecular formula is C17H12ClN5S2. The summed E-state index contributed by atoms with van der Waals surface area (Å²) in [7, 11) is 0. The highest BCUT2D eigenvalue weighted by Crippen LogP contribution is 2.35. The third kappa shape index (κ3) is 3.53. The molecule has 2 heterocycles. The molecule has 0 unspecified atom stereocenters. The Kier molecular flexibility index (Phi) is 4.44. The lowest BCUT2D eigenvalue weighted by Crippen LogP contribution is -2.02. The van der Waals surface area contributed by atoms with Gasteiger partial charge in [0.15, 0.2) is 10.9 Å². The Morgan fingerprint density at radius 2 is 1.84 bits per heavy atom. The van der Waals surface area contributed by atoms with E-state index in [1.807, 2.05) is 48.5 Å². The van der Waals surface area contributed by atoms with E-state index in [2.05, 4.69) is 20.3 Å². The van der Waals surface area contributed by atoms with Crippen LogP contribution in [0, 0.1) is 0 Å². The van der Waals surface area contributed by atoms with E-state index in [9.17, 15) is 0 Å². The van der Waals surface area contributed by atoms with E-state index in [0.29, 0.717) is 21.6 Å². The summed E-state index contributed by atoms with van der Waals surface area (Å²) in [6.45, 7) is 0. The van der Waals surface area contributed by atoms with Crippen molar-refractivity contribution < 1.29 is 0 Å². The first-order chi connectivity index (χ1) is 12.2. The van der Waals surface area contributed by atoms with Crippen LogP contribution in [0.4, 0.5) is 16.6 Å². The van der Waals surface area contributed by atoms with Crippen LogP contribution in [0.15, 0.2) is 64.8 Å². The Morgan fingerprint density at radius 1 is 1.04 bits per heavy atom. The van der Waals surface area contributed by atoms with E-state index in [1.54, 1.807) is 11.3 Å². The highest BCUT2D eigenvalue weighted by Gasteiger charge is 2.12. The van der Waals surface area contributed by atoms with Gasteiger partial charge >= 0.3 is 0 Å². The van der Waals surface area contributed by atoms with Crippen LogP contribution in [0.1, 0.15) is 0 Å². The molecule has 5 nitrogen and oxygen atoms in total. The minimum absolute atomic E-state index is 0.488. The highest BCUT2D eigenvalue weighted by atomic mass is 35.5. The first-order valence-electron chi connectivity index (χ1n) is 7.35. The number of nitrogens with zero attached hydrogens (tertiary/aromatic N) is 3. The maximum atomic E-state index is 6.25. The summed E-state index contributed by atoms with van der Waals surface area (Å²) in [5, 5.41) is 5.31. The summed E-state index contributed by atoms with van der Waals surface area (Å²) < 4.78 is 1.10. The standard InChI is InChI=1S/C17H12ClN5S2/c18-10-5-7-11(8-6-10)24-16-14(19)15(20-9-21-16)23-17-22-12-3-1-2-4-13(12)25-17/h1-9H,19H2,(H,20,21,22,23). The fourth-order valence-electron chi connectivity index (χ4n) is 2.20. The molecule has 0 aliphatic heterocycles. The smallest absolute Gasteiger partial charge is 0.189 e. The van der Waals surface area contributed by atoms with E-state index in [4.69, 9.17) is 17.3 Å². The number of benzene rings is 2. The Hall–Kier alpha value is -2.35. The number of para-hydroxylation sites is 1. The van der Waals surface area contributed by atoms with Crippen LogP contribution in [0.2, 0.25) is 5.02 Å². The lowest BCUT2D eigenvalue weighted by molar-refractivity contribution is 1.06. The Bertz CT molecular complexity index is 1000. The van der Waals surface area contributed by atoms with Crippen molar-refractivity contribution in [2.45, 2.75) is 9.92 Å². The van der Waals surface area contributed by atoms with E-state index < -0.39 is 0 Å². The SMILES string of the molecule is Nc1c(Nc2nc3ccccc3s2)ncnc1Sc1ccc(Cl)cc1. The monoisotopic (exact) mass is 385 g/mol. The molecule has 0 saturated heterocycles. The number of hydrogen-bond acceptors (Lipinski definition) is 7. The summed E-state index contributed by atoms with van der Waals surface area (Å²) in [6, 6.07) is 15.5. The van der Waals surface area contributed by atoms with Crippen molar-refractivity contribution >= 4 is 61.6 Å². The molecule has 0 amide bonds. The molecule has 25 heavy (non-hydrogen) atoms. The highest BCUT2D eigenvalue weighted by molar-refractivity contribution is 7.99. The predicted octanol–water partition coefficient (Wildman–Crippen LogP) is 5.22. The van der Waals surface area contributed by atoms with Crippen LogP contribution in [0.5, 0.6) is 0 Å². The largest absolute Gasteiger partial charge is 0.394 e. The van der Waals surface area contributed by atoms with Gasteiger partial charge in [0.25, 0.3) is 0 Å². The van der Waals surface area contributed by atoms with Crippen LogP contribution < -0.4 is 11.1 Å². The van der Waals surface area contributed by atoms with Crippen molar-refractivity contribution in [3.8, 4) is 0 Å². The molecule has 2 aromatic carbocycles. The Labute approximate surface area is 157 Å². The zero-order valence-corrected chi connectivity index (χ0v) is 15.2. The lowest BCUT2D eigenvalue weighted by Gasteiger charge is -2.09. The maximum absolute atomic E-state index is 6.25. The van der Waals surface area contributed by atoms with Crippen LogP contribution in [-0.4, -0.2) is 15.0 Å². The summed E-state index contributed by atoms with van der Waals surface area (Å²) in [5.41, 5.74) is 7.68. The molecule has 0 fully saturated rings. The zero-order chi connectivity index (χ0) is 17.2. The molecule has 0 radical (unpaired) electrons. The second kappa shape index (κ2) is 6.87. The van der Waals surface area contributed by atoms with Crippen LogP contribution in [0.25, 0.3) is 10.2 Å². The van der Waals surface area contributed by atoms with Gasteiger partial charge in [-0.1, -0.05) is 46.8 Å². The van der Waals surface area contributed by atoms with Crippen LogP contribution in [0.3, 0.4) is 0 Å². The second-order valence-corrected chi connectivity index (χ2v) is 7.64. The third-order valence-corrected chi connectivity index (χ3v) is 5.63. The zero-order valence-electron chi connectivity index (χ0n) is 12.8. The molecule has 8 heteroatoms. The average molecular weight is 386 g/mol. The fourth-order valence-corrected chi connectivity index (χ4v) is 3.99. The average Bonchev–Trinajstić information content (AvgIpc) is 3.03. The minimum atomic E-state index is 0.488. The molecule has 0 atom stereocenters. The summed E-state index contributed by atoms with van der Waals surface area (Å²) >= 11 is 8.93. The molecule has 0 saturated carbocycles. The summed E-state index contributed by atoms with van der Waals surface area (Å²) in [5.74, 6) is 0.547. The molecule has 3 N–H and O–H groups in total.